The van der Waals surface area contributed by atoms with Crippen LogP contribution in [0.4, 0.5) is 10.1 Å². The molecule has 0 unspecified atom stereocenters. The van der Waals surface area contributed by atoms with Crippen LogP contribution in [0.5, 0.6) is 0 Å². The van der Waals surface area contributed by atoms with Crippen molar-refractivity contribution in [2.24, 2.45) is 5.92 Å². The Balaban J connectivity index is 1.55. The summed E-state index contributed by atoms with van der Waals surface area (Å²) in [5, 5.41) is 3.12. The number of rotatable bonds is 5. The fourth-order valence-electron chi connectivity index (χ4n) is 3.57. The van der Waals surface area contributed by atoms with Gasteiger partial charge < -0.3 is 5.32 Å². The molecule has 0 saturated carbocycles. The van der Waals surface area contributed by atoms with Crippen LogP contribution in [0.2, 0.25) is 0 Å². The van der Waals surface area contributed by atoms with Crippen molar-refractivity contribution in [1.82, 2.24) is 4.90 Å². The van der Waals surface area contributed by atoms with Gasteiger partial charge >= 0.3 is 0 Å². The van der Waals surface area contributed by atoms with Crippen LogP contribution >= 0.6 is 0 Å². The molecule has 1 amide bonds. The molecule has 0 bridgehead atoms. The standard InChI is InChI=1S/C22H27FN2O/c1-16(2)19-8-4-6-10-21(19)24-22(26)17-11-13-25(14-12-17)15-18-7-3-5-9-20(18)23/h3-10,16-17H,11-15H2,1-2H3,(H,24,26). The monoisotopic (exact) mass is 354 g/mol. The van der Waals surface area contributed by atoms with Gasteiger partial charge in [0.05, 0.1) is 0 Å². The van der Waals surface area contributed by atoms with Crippen molar-refractivity contribution in [2.45, 2.75) is 39.2 Å². The number of nitrogens with one attached hydrogen (secondary N) is 1. The average molecular weight is 354 g/mol. The van der Waals surface area contributed by atoms with E-state index in [0.29, 0.717) is 12.5 Å². The van der Waals surface area contributed by atoms with Crippen molar-refractivity contribution in [3.05, 3.63) is 65.5 Å². The third kappa shape index (κ3) is 4.50. The normalized spacial score (nSPS) is 16.0. The lowest BCUT2D eigenvalue weighted by atomic mass is 9.94. The molecule has 1 fully saturated rings. The quantitative estimate of drug-likeness (QED) is 0.836. The molecule has 0 aromatic heterocycles. The summed E-state index contributed by atoms with van der Waals surface area (Å²) in [4.78, 5) is 14.9. The van der Waals surface area contributed by atoms with Gasteiger partial charge in [-0.1, -0.05) is 50.2 Å². The molecule has 3 nitrogen and oxygen atoms in total. The van der Waals surface area contributed by atoms with E-state index in [1.54, 1.807) is 6.07 Å². The van der Waals surface area contributed by atoms with Gasteiger partial charge in [-0.15, -0.1) is 0 Å². The molecule has 26 heavy (non-hydrogen) atoms. The van der Waals surface area contributed by atoms with Gasteiger partial charge in [-0.2, -0.15) is 0 Å². The van der Waals surface area contributed by atoms with E-state index in [4.69, 9.17) is 0 Å². The van der Waals surface area contributed by atoms with Crippen LogP contribution in [0.15, 0.2) is 48.5 Å². The van der Waals surface area contributed by atoms with E-state index in [0.717, 1.165) is 42.7 Å². The number of nitrogens with zero attached hydrogens (tertiary/aromatic N) is 1. The highest BCUT2D eigenvalue weighted by Gasteiger charge is 2.26. The van der Waals surface area contributed by atoms with Crippen LogP contribution in [-0.4, -0.2) is 23.9 Å². The van der Waals surface area contributed by atoms with Crippen LogP contribution in [0, 0.1) is 11.7 Å². The first-order valence-electron chi connectivity index (χ1n) is 9.40. The Bertz CT molecular complexity index is 751. The number of hydrogen-bond acceptors (Lipinski definition) is 2. The second-order valence-electron chi connectivity index (χ2n) is 7.37. The summed E-state index contributed by atoms with van der Waals surface area (Å²) < 4.78 is 13.8. The molecule has 0 aliphatic carbocycles. The number of hydrogen-bond donors (Lipinski definition) is 1. The zero-order chi connectivity index (χ0) is 18.5. The first kappa shape index (κ1) is 18.6. The van der Waals surface area contributed by atoms with Crippen LogP contribution in [-0.2, 0) is 11.3 Å². The Kier molecular flexibility index (Phi) is 6.04. The molecule has 138 valence electrons. The fraction of sp³-hybridized carbons (Fsp3) is 0.409. The lowest BCUT2D eigenvalue weighted by Crippen LogP contribution is -2.38. The lowest BCUT2D eigenvalue weighted by molar-refractivity contribution is -0.121. The van der Waals surface area contributed by atoms with Gasteiger partial charge in [-0.25, -0.2) is 4.39 Å². The molecule has 1 saturated heterocycles. The first-order valence-corrected chi connectivity index (χ1v) is 9.40. The topological polar surface area (TPSA) is 32.3 Å². The van der Waals surface area contributed by atoms with Gasteiger partial charge in [-0.05, 0) is 49.5 Å². The van der Waals surface area contributed by atoms with Gasteiger partial charge in [0, 0.05) is 23.7 Å². The maximum atomic E-state index is 13.8. The zero-order valence-electron chi connectivity index (χ0n) is 15.5. The van der Waals surface area contributed by atoms with E-state index in [1.165, 1.54) is 6.07 Å². The Morgan fingerprint density at radius 2 is 1.77 bits per heavy atom. The molecule has 3 rings (SSSR count). The van der Waals surface area contributed by atoms with Gasteiger partial charge in [0.25, 0.3) is 0 Å². The molecule has 1 N–H and O–H groups in total. The first-order chi connectivity index (χ1) is 12.5. The van der Waals surface area contributed by atoms with Crippen molar-refractivity contribution in [2.75, 3.05) is 18.4 Å². The smallest absolute Gasteiger partial charge is 0.227 e. The summed E-state index contributed by atoms with van der Waals surface area (Å²) in [7, 11) is 0. The van der Waals surface area contributed by atoms with Crippen molar-refractivity contribution < 1.29 is 9.18 Å². The highest BCUT2D eigenvalue weighted by Crippen LogP contribution is 2.26. The molecular formula is C22H27FN2O. The molecular weight excluding hydrogens is 327 g/mol. The minimum Gasteiger partial charge on any atom is -0.326 e. The van der Waals surface area contributed by atoms with Crippen molar-refractivity contribution >= 4 is 11.6 Å². The van der Waals surface area contributed by atoms with Crippen molar-refractivity contribution in [3.8, 4) is 0 Å². The molecule has 4 heteroatoms. The van der Waals surface area contributed by atoms with Crippen LogP contribution in [0.3, 0.4) is 0 Å². The minimum absolute atomic E-state index is 0.0205. The molecule has 0 radical (unpaired) electrons. The van der Waals surface area contributed by atoms with Crippen LogP contribution < -0.4 is 5.32 Å². The summed E-state index contributed by atoms with van der Waals surface area (Å²) in [6.07, 6.45) is 1.62. The van der Waals surface area contributed by atoms with Crippen LogP contribution in [0.25, 0.3) is 0 Å². The molecule has 0 spiro atoms. The van der Waals surface area contributed by atoms with E-state index in [1.807, 2.05) is 30.3 Å². The van der Waals surface area contributed by atoms with Gasteiger partial charge in [-0.3, -0.25) is 9.69 Å². The number of piperidine rings is 1. The van der Waals surface area contributed by atoms with Crippen molar-refractivity contribution in [1.29, 1.82) is 0 Å². The van der Waals surface area contributed by atoms with Crippen LogP contribution in [0.1, 0.15) is 43.7 Å². The predicted molar refractivity (Wildman–Crippen MR) is 104 cm³/mol. The summed E-state index contributed by atoms with van der Waals surface area (Å²) in [5.74, 6) is 0.336. The molecule has 1 aliphatic rings. The number of para-hydroxylation sites is 1. The number of anilines is 1. The SMILES string of the molecule is CC(C)c1ccccc1NC(=O)C1CCN(Cc2ccccc2F)CC1. The number of carbonyl (C=O) groups is 1. The van der Waals surface area contributed by atoms with E-state index >= 15 is 0 Å². The number of benzene rings is 2. The van der Waals surface area contributed by atoms with E-state index in [9.17, 15) is 9.18 Å². The van der Waals surface area contributed by atoms with E-state index < -0.39 is 0 Å². The summed E-state index contributed by atoms with van der Waals surface area (Å²) in [5.41, 5.74) is 2.81. The third-order valence-corrected chi connectivity index (χ3v) is 5.15. The zero-order valence-corrected chi connectivity index (χ0v) is 15.5. The highest BCUT2D eigenvalue weighted by atomic mass is 19.1. The Labute approximate surface area is 155 Å². The maximum Gasteiger partial charge on any atom is 0.227 e. The molecule has 1 heterocycles. The molecule has 2 aromatic rings. The molecule has 1 aliphatic heterocycles. The summed E-state index contributed by atoms with van der Waals surface area (Å²) in [6, 6.07) is 14.9. The van der Waals surface area contributed by atoms with Crippen molar-refractivity contribution in [3.63, 3.8) is 0 Å². The second-order valence-corrected chi connectivity index (χ2v) is 7.37. The number of halogens is 1. The summed E-state index contributed by atoms with van der Waals surface area (Å²) >= 11 is 0. The summed E-state index contributed by atoms with van der Waals surface area (Å²) in [6.45, 7) is 6.51. The molecule has 0 atom stereocenters. The van der Waals surface area contributed by atoms with Gasteiger partial charge in [0.15, 0.2) is 0 Å². The third-order valence-electron chi connectivity index (χ3n) is 5.15. The lowest BCUT2D eigenvalue weighted by Gasteiger charge is -2.31. The Hall–Kier alpha value is -2.20. The predicted octanol–water partition coefficient (Wildman–Crippen LogP) is 4.80. The van der Waals surface area contributed by atoms with Gasteiger partial charge in [0.1, 0.15) is 5.82 Å². The highest BCUT2D eigenvalue weighted by molar-refractivity contribution is 5.93. The minimum atomic E-state index is -0.155. The number of carbonyl (C=O) groups excluding carboxylic acids is 1. The fourth-order valence-corrected chi connectivity index (χ4v) is 3.57. The molecule has 2 aromatic carbocycles. The largest absolute Gasteiger partial charge is 0.326 e. The van der Waals surface area contributed by atoms with Gasteiger partial charge in [0.2, 0.25) is 5.91 Å². The average Bonchev–Trinajstić information content (AvgIpc) is 2.64. The Morgan fingerprint density at radius 1 is 1.12 bits per heavy atom. The van der Waals surface area contributed by atoms with E-state index in [2.05, 4.69) is 30.1 Å². The number of amides is 1. The Morgan fingerprint density at radius 3 is 2.46 bits per heavy atom. The maximum absolute atomic E-state index is 13.8. The van der Waals surface area contributed by atoms with E-state index in [-0.39, 0.29) is 17.6 Å². The number of likely N-dealkylation sites (tertiary alicyclic amines) is 1. The second kappa shape index (κ2) is 8.45.